The first-order chi connectivity index (χ1) is 16.9. The number of benzene rings is 3. The summed E-state index contributed by atoms with van der Waals surface area (Å²) in [7, 11) is -2.21. The number of hydrogen-bond acceptors (Lipinski definition) is 5. The van der Waals surface area contributed by atoms with Crippen LogP contribution in [0.25, 0.3) is 0 Å². The molecule has 3 aromatic rings. The second-order valence-electron chi connectivity index (χ2n) is 8.70. The summed E-state index contributed by atoms with van der Waals surface area (Å²) in [6.45, 7) is 3.12. The third-order valence-electron chi connectivity index (χ3n) is 6.16. The second kappa shape index (κ2) is 11.3. The monoisotopic (exact) mass is 510 g/mol. The number of thioether (sulfide) groups is 1. The Morgan fingerprint density at radius 2 is 1.71 bits per heavy atom. The number of nitrogens with zero attached hydrogens (tertiary/aromatic N) is 1. The first kappa shape index (κ1) is 25.3. The van der Waals surface area contributed by atoms with Gasteiger partial charge in [0.25, 0.3) is 5.91 Å². The number of ether oxygens (including phenoxy) is 1. The number of sulfonamides is 1. The third-order valence-corrected chi connectivity index (χ3v) is 9.13. The van der Waals surface area contributed by atoms with Crippen LogP contribution < -0.4 is 10.1 Å². The fourth-order valence-electron chi connectivity index (χ4n) is 3.97. The Balaban J connectivity index is 1.46. The predicted molar refractivity (Wildman–Crippen MR) is 141 cm³/mol. The van der Waals surface area contributed by atoms with Crippen LogP contribution in [-0.4, -0.2) is 38.8 Å². The Kier molecular flexibility index (Phi) is 8.15. The van der Waals surface area contributed by atoms with E-state index in [1.807, 2.05) is 42.5 Å². The van der Waals surface area contributed by atoms with E-state index in [-0.39, 0.29) is 10.5 Å². The summed E-state index contributed by atoms with van der Waals surface area (Å²) in [5, 5.41) is 2.86. The van der Waals surface area contributed by atoms with Crippen LogP contribution in [0.4, 0.5) is 5.69 Å². The van der Waals surface area contributed by atoms with Crippen LogP contribution in [0.5, 0.6) is 5.75 Å². The quantitative estimate of drug-likeness (QED) is 0.396. The summed E-state index contributed by atoms with van der Waals surface area (Å²) >= 11 is 1.75. The lowest BCUT2D eigenvalue weighted by molar-refractivity contribution is 0.102. The standard InChI is InChI=1S/C27H30N2O4S2/c1-20-14-16-29(17-15-20)35(31,32)24-12-13-26(33-2)25(18-24)27(30)28-22-10-8-21(9-11-22)19-34-23-6-4-3-5-7-23/h3-13,18,20H,14-17,19H2,1-2H3,(H,28,30). The molecule has 1 aliphatic rings. The van der Waals surface area contributed by atoms with Gasteiger partial charge in [0.1, 0.15) is 5.75 Å². The lowest BCUT2D eigenvalue weighted by atomic mass is 10.0. The average molecular weight is 511 g/mol. The molecule has 184 valence electrons. The average Bonchev–Trinajstić information content (AvgIpc) is 2.88. The summed E-state index contributed by atoms with van der Waals surface area (Å²) in [5.41, 5.74) is 1.95. The number of nitrogens with one attached hydrogen (secondary N) is 1. The van der Waals surface area contributed by atoms with Crippen molar-refractivity contribution in [2.45, 2.75) is 35.3 Å². The highest BCUT2D eigenvalue weighted by Gasteiger charge is 2.29. The van der Waals surface area contributed by atoms with E-state index in [9.17, 15) is 13.2 Å². The van der Waals surface area contributed by atoms with Crippen LogP contribution >= 0.6 is 11.8 Å². The Labute approximate surface area is 211 Å². The van der Waals surface area contributed by atoms with Crippen LogP contribution in [-0.2, 0) is 15.8 Å². The highest BCUT2D eigenvalue weighted by atomic mass is 32.2. The summed E-state index contributed by atoms with van der Waals surface area (Å²) < 4.78 is 33.2. The van der Waals surface area contributed by atoms with E-state index in [1.54, 1.807) is 11.8 Å². The van der Waals surface area contributed by atoms with E-state index >= 15 is 0 Å². The number of rotatable bonds is 8. The zero-order valence-corrected chi connectivity index (χ0v) is 21.6. The molecule has 0 saturated carbocycles. The Bertz CT molecular complexity index is 1250. The lowest BCUT2D eigenvalue weighted by Crippen LogP contribution is -2.37. The summed E-state index contributed by atoms with van der Waals surface area (Å²) in [6.07, 6.45) is 1.67. The van der Waals surface area contributed by atoms with Crippen molar-refractivity contribution in [2.75, 3.05) is 25.5 Å². The minimum atomic E-state index is -3.68. The molecule has 8 heteroatoms. The molecule has 0 radical (unpaired) electrons. The van der Waals surface area contributed by atoms with Gasteiger partial charge in [-0.05, 0) is 66.8 Å². The summed E-state index contributed by atoms with van der Waals surface area (Å²) in [5.74, 6) is 1.24. The molecule has 0 bridgehead atoms. The fraction of sp³-hybridized carbons (Fsp3) is 0.296. The molecule has 3 aromatic carbocycles. The number of carbonyl (C=O) groups is 1. The molecule has 35 heavy (non-hydrogen) atoms. The first-order valence-electron chi connectivity index (χ1n) is 11.6. The van der Waals surface area contributed by atoms with Crippen LogP contribution in [0.15, 0.2) is 82.6 Å². The van der Waals surface area contributed by atoms with Gasteiger partial charge in [-0.2, -0.15) is 4.31 Å². The smallest absolute Gasteiger partial charge is 0.259 e. The van der Waals surface area contributed by atoms with Gasteiger partial charge in [0.15, 0.2) is 0 Å². The van der Waals surface area contributed by atoms with E-state index in [4.69, 9.17) is 4.74 Å². The molecule has 1 heterocycles. The number of hydrogen-bond donors (Lipinski definition) is 1. The number of carbonyl (C=O) groups excluding carboxylic acids is 1. The maximum Gasteiger partial charge on any atom is 0.259 e. The van der Waals surface area contributed by atoms with Crippen molar-refractivity contribution in [3.8, 4) is 5.75 Å². The van der Waals surface area contributed by atoms with Crippen molar-refractivity contribution in [1.82, 2.24) is 4.31 Å². The Morgan fingerprint density at radius 1 is 1.03 bits per heavy atom. The van der Waals surface area contributed by atoms with E-state index < -0.39 is 15.9 Å². The minimum absolute atomic E-state index is 0.103. The molecule has 1 saturated heterocycles. The molecule has 1 amide bonds. The van der Waals surface area contributed by atoms with Crippen LogP contribution in [0.1, 0.15) is 35.7 Å². The summed E-state index contributed by atoms with van der Waals surface area (Å²) in [4.78, 5) is 14.4. The number of amides is 1. The van der Waals surface area contributed by atoms with Crippen molar-refractivity contribution in [2.24, 2.45) is 5.92 Å². The molecule has 1 aliphatic heterocycles. The topological polar surface area (TPSA) is 75.7 Å². The molecule has 0 aliphatic carbocycles. The van der Waals surface area contributed by atoms with Crippen molar-refractivity contribution < 1.29 is 17.9 Å². The first-order valence-corrected chi connectivity index (χ1v) is 14.1. The molecule has 6 nitrogen and oxygen atoms in total. The fourth-order valence-corrected chi connectivity index (χ4v) is 6.34. The van der Waals surface area contributed by atoms with Crippen LogP contribution in [0.3, 0.4) is 0 Å². The van der Waals surface area contributed by atoms with Crippen molar-refractivity contribution >= 4 is 33.4 Å². The Morgan fingerprint density at radius 3 is 2.37 bits per heavy atom. The highest BCUT2D eigenvalue weighted by molar-refractivity contribution is 7.98. The zero-order chi connectivity index (χ0) is 24.8. The van der Waals surface area contributed by atoms with E-state index in [1.165, 1.54) is 34.5 Å². The van der Waals surface area contributed by atoms with Gasteiger partial charge >= 0.3 is 0 Å². The summed E-state index contributed by atoms with van der Waals surface area (Å²) in [6, 6.07) is 22.3. The molecule has 1 N–H and O–H groups in total. The normalized spacial score (nSPS) is 15.0. The van der Waals surface area contributed by atoms with Gasteiger partial charge in [-0.1, -0.05) is 37.3 Å². The largest absolute Gasteiger partial charge is 0.496 e. The molecular weight excluding hydrogens is 480 g/mol. The molecule has 0 atom stereocenters. The van der Waals surface area contributed by atoms with Gasteiger partial charge in [0, 0.05) is 29.4 Å². The zero-order valence-electron chi connectivity index (χ0n) is 19.9. The third kappa shape index (κ3) is 6.25. The van der Waals surface area contributed by atoms with Gasteiger partial charge in [0.05, 0.1) is 17.6 Å². The number of methoxy groups -OCH3 is 1. The second-order valence-corrected chi connectivity index (χ2v) is 11.7. The van der Waals surface area contributed by atoms with Crippen molar-refractivity contribution in [1.29, 1.82) is 0 Å². The van der Waals surface area contributed by atoms with Gasteiger partial charge < -0.3 is 10.1 Å². The van der Waals surface area contributed by atoms with Gasteiger partial charge in [-0.25, -0.2) is 8.42 Å². The SMILES string of the molecule is COc1ccc(S(=O)(=O)N2CCC(C)CC2)cc1C(=O)Nc1ccc(CSc2ccccc2)cc1. The van der Waals surface area contributed by atoms with Gasteiger partial charge in [-0.3, -0.25) is 4.79 Å². The minimum Gasteiger partial charge on any atom is -0.496 e. The van der Waals surface area contributed by atoms with Gasteiger partial charge in [0.2, 0.25) is 10.0 Å². The number of anilines is 1. The maximum atomic E-state index is 13.2. The van der Waals surface area contributed by atoms with E-state index in [2.05, 4.69) is 24.4 Å². The molecule has 0 aromatic heterocycles. The van der Waals surface area contributed by atoms with E-state index in [0.29, 0.717) is 30.4 Å². The highest BCUT2D eigenvalue weighted by Crippen LogP contribution is 2.28. The lowest BCUT2D eigenvalue weighted by Gasteiger charge is -2.29. The number of piperidine rings is 1. The van der Waals surface area contributed by atoms with Crippen molar-refractivity contribution in [3.05, 3.63) is 83.9 Å². The predicted octanol–water partition coefficient (Wildman–Crippen LogP) is 5.66. The van der Waals surface area contributed by atoms with Crippen molar-refractivity contribution in [3.63, 3.8) is 0 Å². The maximum absolute atomic E-state index is 13.2. The van der Waals surface area contributed by atoms with Gasteiger partial charge in [-0.15, -0.1) is 11.8 Å². The molecule has 4 rings (SSSR count). The Hall–Kier alpha value is -2.81. The molecule has 1 fully saturated rings. The molecule has 0 unspecified atom stereocenters. The van der Waals surface area contributed by atoms with Crippen LogP contribution in [0, 0.1) is 5.92 Å². The van der Waals surface area contributed by atoms with E-state index in [0.717, 1.165) is 24.2 Å². The molecular formula is C27H30N2O4S2. The van der Waals surface area contributed by atoms with Crippen LogP contribution in [0.2, 0.25) is 0 Å². The molecule has 0 spiro atoms.